The fourth-order valence-electron chi connectivity index (χ4n) is 1.59. The van der Waals surface area contributed by atoms with Crippen LogP contribution < -0.4 is 5.32 Å². The number of aryl methyl sites for hydroxylation is 1. The van der Waals surface area contributed by atoms with Gasteiger partial charge in [0, 0.05) is 5.57 Å². The lowest BCUT2D eigenvalue weighted by Crippen LogP contribution is -2.19. The summed E-state index contributed by atoms with van der Waals surface area (Å²) in [6.07, 6.45) is 1.78. The predicted molar refractivity (Wildman–Crippen MR) is 58.6 cm³/mol. The highest BCUT2D eigenvalue weighted by Crippen LogP contribution is 2.20. The molecule has 0 radical (unpaired) electrons. The standard InChI is InChI=1S/C12H11NO3/c1-7-4-8(2-3-10(7)14)5-9-6-11(15)13-12(9)16/h2-5,14H,6H2,1H3,(H,13,15,16). The molecule has 1 aromatic carbocycles. The summed E-state index contributed by atoms with van der Waals surface area (Å²) in [4.78, 5) is 22.3. The van der Waals surface area contributed by atoms with Crippen molar-refractivity contribution in [2.45, 2.75) is 13.3 Å². The molecule has 0 unspecified atom stereocenters. The van der Waals surface area contributed by atoms with E-state index >= 15 is 0 Å². The molecule has 0 aliphatic carbocycles. The Morgan fingerprint density at radius 2 is 2.12 bits per heavy atom. The van der Waals surface area contributed by atoms with Gasteiger partial charge in [-0.25, -0.2) is 0 Å². The number of amides is 2. The number of hydrogen-bond acceptors (Lipinski definition) is 3. The van der Waals surface area contributed by atoms with E-state index in [1.165, 1.54) is 0 Å². The average Bonchev–Trinajstić information content (AvgIpc) is 2.51. The van der Waals surface area contributed by atoms with Crippen molar-refractivity contribution in [2.75, 3.05) is 0 Å². The van der Waals surface area contributed by atoms with Crippen LogP contribution in [0.15, 0.2) is 23.8 Å². The monoisotopic (exact) mass is 217 g/mol. The number of rotatable bonds is 1. The summed E-state index contributed by atoms with van der Waals surface area (Å²) in [6, 6.07) is 5.03. The van der Waals surface area contributed by atoms with E-state index in [4.69, 9.17) is 0 Å². The van der Waals surface area contributed by atoms with E-state index in [1.807, 2.05) is 0 Å². The first-order chi connectivity index (χ1) is 7.56. The zero-order valence-corrected chi connectivity index (χ0v) is 8.78. The highest BCUT2D eigenvalue weighted by Gasteiger charge is 2.23. The Bertz CT molecular complexity index is 503. The third kappa shape index (κ3) is 1.95. The van der Waals surface area contributed by atoms with Crippen LogP contribution in [0.3, 0.4) is 0 Å². The molecule has 1 aliphatic rings. The number of benzene rings is 1. The summed E-state index contributed by atoms with van der Waals surface area (Å²) in [5.41, 5.74) is 1.99. The van der Waals surface area contributed by atoms with Crippen LogP contribution in [-0.2, 0) is 9.59 Å². The van der Waals surface area contributed by atoms with Gasteiger partial charge >= 0.3 is 0 Å². The van der Waals surface area contributed by atoms with Crippen LogP contribution in [-0.4, -0.2) is 16.9 Å². The van der Waals surface area contributed by atoms with Crippen LogP contribution in [0.5, 0.6) is 5.75 Å². The number of carbonyl (C=O) groups is 2. The quantitative estimate of drug-likeness (QED) is 0.547. The Morgan fingerprint density at radius 3 is 2.69 bits per heavy atom. The first-order valence-electron chi connectivity index (χ1n) is 4.90. The van der Waals surface area contributed by atoms with Gasteiger partial charge in [-0.05, 0) is 36.3 Å². The van der Waals surface area contributed by atoms with Crippen LogP contribution in [0.1, 0.15) is 17.5 Å². The minimum Gasteiger partial charge on any atom is -0.508 e. The van der Waals surface area contributed by atoms with Gasteiger partial charge in [-0.1, -0.05) is 6.07 Å². The molecular weight excluding hydrogens is 206 g/mol. The fourth-order valence-corrected chi connectivity index (χ4v) is 1.59. The van der Waals surface area contributed by atoms with Gasteiger partial charge in [0.05, 0.1) is 6.42 Å². The lowest BCUT2D eigenvalue weighted by Gasteiger charge is -2.00. The molecule has 0 saturated carbocycles. The van der Waals surface area contributed by atoms with Gasteiger partial charge in [-0.2, -0.15) is 0 Å². The number of phenols is 1. The minimum atomic E-state index is -0.337. The lowest BCUT2D eigenvalue weighted by atomic mass is 10.1. The molecule has 82 valence electrons. The molecule has 0 spiro atoms. The van der Waals surface area contributed by atoms with Crippen molar-refractivity contribution in [3.63, 3.8) is 0 Å². The maximum Gasteiger partial charge on any atom is 0.254 e. The molecule has 4 nitrogen and oxygen atoms in total. The van der Waals surface area contributed by atoms with Gasteiger partial charge in [0.25, 0.3) is 5.91 Å². The summed E-state index contributed by atoms with van der Waals surface area (Å²) in [7, 11) is 0. The number of aromatic hydroxyl groups is 1. The maximum absolute atomic E-state index is 11.3. The van der Waals surface area contributed by atoms with E-state index in [1.54, 1.807) is 31.2 Å². The van der Waals surface area contributed by atoms with Gasteiger partial charge in [0.1, 0.15) is 5.75 Å². The molecular formula is C12H11NO3. The minimum absolute atomic E-state index is 0.124. The predicted octanol–water partition coefficient (Wildman–Crippen LogP) is 1.13. The van der Waals surface area contributed by atoms with Crippen LogP contribution in [0, 0.1) is 6.92 Å². The zero-order chi connectivity index (χ0) is 11.7. The number of carbonyl (C=O) groups excluding carboxylic acids is 2. The second kappa shape index (κ2) is 3.81. The molecule has 1 heterocycles. The lowest BCUT2D eigenvalue weighted by molar-refractivity contribution is -0.124. The summed E-state index contributed by atoms with van der Waals surface area (Å²) in [6.45, 7) is 1.78. The molecule has 0 aromatic heterocycles. The van der Waals surface area contributed by atoms with E-state index < -0.39 is 0 Å². The Balaban J connectivity index is 2.32. The van der Waals surface area contributed by atoms with Gasteiger partial charge in [0.15, 0.2) is 0 Å². The number of nitrogens with one attached hydrogen (secondary N) is 1. The number of imide groups is 1. The van der Waals surface area contributed by atoms with Crippen LogP contribution in [0.2, 0.25) is 0 Å². The van der Waals surface area contributed by atoms with Gasteiger partial charge in [0.2, 0.25) is 5.91 Å². The summed E-state index contributed by atoms with van der Waals surface area (Å²) in [5, 5.41) is 11.6. The van der Waals surface area contributed by atoms with E-state index in [9.17, 15) is 14.7 Å². The molecule has 1 fully saturated rings. The first-order valence-corrected chi connectivity index (χ1v) is 4.90. The van der Waals surface area contributed by atoms with Crippen LogP contribution in [0.4, 0.5) is 0 Å². The Kier molecular flexibility index (Phi) is 2.48. The molecule has 2 N–H and O–H groups in total. The molecule has 2 rings (SSSR count). The first kappa shape index (κ1) is 10.4. The van der Waals surface area contributed by atoms with Gasteiger partial charge < -0.3 is 5.11 Å². The number of phenolic OH excluding ortho intramolecular Hbond substituents is 1. The van der Waals surface area contributed by atoms with Gasteiger partial charge in [-0.3, -0.25) is 14.9 Å². The van der Waals surface area contributed by atoms with Crippen molar-refractivity contribution in [2.24, 2.45) is 0 Å². The highest BCUT2D eigenvalue weighted by atomic mass is 16.3. The van der Waals surface area contributed by atoms with Crippen molar-refractivity contribution in [1.82, 2.24) is 5.32 Å². The SMILES string of the molecule is Cc1cc(C=C2CC(=O)NC2=O)ccc1O. The molecule has 4 heteroatoms. The highest BCUT2D eigenvalue weighted by molar-refractivity contribution is 6.15. The second-order valence-corrected chi connectivity index (χ2v) is 3.77. The van der Waals surface area contributed by atoms with Crippen molar-refractivity contribution in [3.05, 3.63) is 34.9 Å². The Hall–Kier alpha value is -2.10. The topological polar surface area (TPSA) is 66.4 Å². The summed E-state index contributed by atoms with van der Waals surface area (Å²) in [5.74, 6) is -0.392. The fraction of sp³-hybridized carbons (Fsp3) is 0.167. The third-order valence-electron chi connectivity index (χ3n) is 2.46. The van der Waals surface area contributed by atoms with E-state index in [2.05, 4.69) is 5.32 Å². The van der Waals surface area contributed by atoms with Crippen LogP contribution in [0.25, 0.3) is 6.08 Å². The smallest absolute Gasteiger partial charge is 0.254 e. The maximum atomic E-state index is 11.3. The molecule has 0 atom stereocenters. The molecule has 16 heavy (non-hydrogen) atoms. The second-order valence-electron chi connectivity index (χ2n) is 3.77. The van der Waals surface area contributed by atoms with Crippen LogP contribution >= 0.6 is 0 Å². The van der Waals surface area contributed by atoms with Crippen molar-refractivity contribution < 1.29 is 14.7 Å². The van der Waals surface area contributed by atoms with E-state index in [0.717, 1.165) is 11.1 Å². The molecule has 1 aliphatic heterocycles. The van der Waals surface area contributed by atoms with Gasteiger partial charge in [-0.15, -0.1) is 0 Å². The number of hydrogen-bond donors (Lipinski definition) is 2. The summed E-state index contributed by atoms with van der Waals surface area (Å²) >= 11 is 0. The van der Waals surface area contributed by atoms with E-state index in [0.29, 0.717) is 5.57 Å². The zero-order valence-electron chi connectivity index (χ0n) is 8.78. The third-order valence-corrected chi connectivity index (χ3v) is 2.46. The molecule has 0 bridgehead atoms. The Labute approximate surface area is 92.6 Å². The average molecular weight is 217 g/mol. The molecule has 1 saturated heterocycles. The normalized spacial score (nSPS) is 17.9. The Morgan fingerprint density at radius 1 is 1.38 bits per heavy atom. The molecule has 1 aromatic rings. The van der Waals surface area contributed by atoms with Crippen molar-refractivity contribution in [3.8, 4) is 5.75 Å². The molecule has 2 amide bonds. The van der Waals surface area contributed by atoms with Crippen molar-refractivity contribution in [1.29, 1.82) is 0 Å². The largest absolute Gasteiger partial charge is 0.508 e. The van der Waals surface area contributed by atoms with Crippen molar-refractivity contribution >= 4 is 17.9 Å². The van der Waals surface area contributed by atoms with E-state index in [-0.39, 0.29) is 24.0 Å². The summed E-state index contributed by atoms with van der Waals surface area (Å²) < 4.78 is 0.